The topological polar surface area (TPSA) is 127 Å². The Morgan fingerprint density at radius 2 is 1.97 bits per heavy atom. The zero-order chi connectivity index (χ0) is 23.3. The number of rotatable bonds is 8. The van der Waals surface area contributed by atoms with Crippen molar-refractivity contribution in [3.05, 3.63) is 30.5 Å². The molecule has 1 fully saturated rings. The van der Waals surface area contributed by atoms with Crippen molar-refractivity contribution in [3.63, 3.8) is 0 Å². The molecule has 0 spiro atoms. The Morgan fingerprint density at radius 3 is 2.56 bits per heavy atom. The van der Waals surface area contributed by atoms with Gasteiger partial charge in [0.25, 0.3) is 0 Å². The molecule has 32 heavy (non-hydrogen) atoms. The third-order valence-electron chi connectivity index (χ3n) is 5.02. The van der Waals surface area contributed by atoms with Gasteiger partial charge in [-0.25, -0.2) is 18.2 Å². The minimum absolute atomic E-state index is 0.141. The van der Waals surface area contributed by atoms with Crippen LogP contribution >= 0.6 is 0 Å². The number of nitrogens with one attached hydrogen (secondary N) is 1. The molecule has 174 valence electrons. The molecular formula is C21H27N3O7S. The summed E-state index contributed by atoms with van der Waals surface area (Å²) in [5, 5.41) is 12.2. The molecular weight excluding hydrogens is 438 g/mol. The Hall–Kier alpha value is -3.21. The van der Waals surface area contributed by atoms with Gasteiger partial charge in [-0.3, -0.25) is 0 Å². The molecule has 0 atom stereocenters. The normalized spacial score (nSPS) is 14.7. The van der Waals surface area contributed by atoms with Crippen molar-refractivity contribution in [2.24, 2.45) is 0 Å². The standard InChI is InChI=1S/C21H27N3O7S/c1-4-30-19-17(31-14-8-11-24(12-9-14)21(25)26)7-10-22-20(19)23-16-6-5-15(32(3,27)28)13-18(16)29-2/h5-7,10,13-14H,4,8-9,11-12H2,1-3H3,(H,22,23)(H,25,26). The summed E-state index contributed by atoms with van der Waals surface area (Å²) < 4.78 is 41.0. The van der Waals surface area contributed by atoms with E-state index >= 15 is 0 Å². The number of sulfone groups is 1. The second kappa shape index (κ2) is 9.94. The highest BCUT2D eigenvalue weighted by molar-refractivity contribution is 7.90. The van der Waals surface area contributed by atoms with Crippen LogP contribution in [0.15, 0.2) is 35.4 Å². The molecule has 0 saturated carbocycles. The summed E-state index contributed by atoms with van der Waals surface area (Å²) in [5.74, 6) is 1.62. The maximum Gasteiger partial charge on any atom is 0.407 e. The van der Waals surface area contributed by atoms with Gasteiger partial charge in [0.2, 0.25) is 5.75 Å². The van der Waals surface area contributed by atoms with Crippen LogP contribution in [0.2, 0.25) is 0 Å². The number of carboxylic acid groups (broad SMARTS) is 1. The number of likely N-dealkylation sites (tertiary alicyclic amines) is 1. The van der Waals surface area contributed by atoms with E-state index < -0.39 is 15.9 Å². The number of pyridine rings is 1. The number of aromatic nitrogens is 1. The number of methoxy groups -OCH3 is 1. The van der Waals surface area contributed by atoms with Crippen LogP contribution in [0, 0.1) is 0 Å². The van der Waals surface area contributed by atoms with Crippen LogP contribution < -0.4 is 19.5 Å². The van der Waals surface area contributed by atoms with Crippen molar-refractivity contribution >= 4 is 27.4 Å². The number of nitrogens with zero attached hydrogens (tertiary/aromatic N) is 2. The van der Waals surface area contributed by atoms with E-state index in [1.54, 1.807) is 18.3 Å². The van der Waals surface area contributed by atoms with Crippen LogP contribution in [-0.2, 0) is 9.84 Å². The van der Waals surface area contributed by atoms with Crippen molar-refractivity contribution in [2.75, 3.05) is 38.4 Å². The van der Waals surface area contributed by atoms with Gasteiger partial charge in [0.1, 0.15) is 11.9 Å². The lowest BCUT2D eigenvalue weighted by molar-refractivity contribution is 0.0874. The summed E-state index contributed by atoms with van der Waals surface area (Å²) >= 11 is 0. The first kappa shape index (κ1) is 23.5. The Morgan fingerprint density at radius 1 is 1.25 bits per heavy atom. The molecule has 2 aromatic rings. The summed E-state index contributed by atoms with van der Waals surface area (Å²) in [6.07, 6.45) is 2.77. The molecule has 1 aliphatic rings. The van der Waals surface area contributed by atoms with Crippen LogP contribution in [-0.4, -0.2) is 68.7 Å². The minimum Gasteiger partial charge on any atom is -0.495 e. The fraction of sp³-hybridized carbons (Fsp3) is 0.429. The van der Waals surface area contributed by atoms with Crippen molar-refractivity contribution in [1.82, 2.24) is 9.88 Å². The largest absolute Gasteiger partial charge is 0.495 e. The number of carbonyl (C=O) groups is 1. The summed E-state index contributed by atoms with van der Waals surface area (Å²) in [6.45, 7) is 3.03. The van der Waals surface area contributed by atoms with Crippen molar-refractivity contribution in [1.29, 1.82) is 0 Å². The van der Waals surface area contributed by atoms with E-state index in [0.29, 0.717) is 61.3 Å². The third-order valence-corrected chi connectivity index (χ3v) is 6.13. The lowest BCUT2D eigenvalue weighted by Crippen LogP contribution is -2.41. The quantitative estimate of drug-likeness (QED) is 0.604. The summed E-state index contributed by atoms with van der Waals surface area (Å²) in [6, 6.07) is 6.22. The molecule has 1 aliphatic heterocycles. The predicted octanol–water partition coefficient (Wildman–Crippen LogP) is 3.16. The second-order valence-electron chi connectivity index (χ2n) is 7.27. The first-order chi connectivity index (χ1) is 15.2. The molecule has 1 amide bonds. The predicted molar refractivity (Wildman–Crippen MR) is 118 cm³/mol. The highest BCUT2D eigenvalue weighted by Crippen LogP contribution is 2.39. The highest BCUT2D eigenvalue weighted by Gasteiger charge is 2.25. The van der Waals surface area contributed by atoms with Gasteiger partial charge in [0.05, 0.1) is 24.3 Å². The van der Waals surface area contributed by atoms with E-state index in [1.807, 2.05) is 6.92 Å². The van der Waals surface area contributed by atoms with Crippen molar-refractivity contribution < 1.29 is 32.5 Å². The third kappa shape index (κ3) is 5.52. The molecule has 10 nitrogen and oxygen atoms in total. The van der Waals surface area contributed by atoms with E-state index in [-0.39, 0.29) is 11.0 Å². The van der Waals surface area contributed by atoms with Gasteiger partial charge in [-0.1, -0.05) is 0 Å². The van der Waals surface area contributed by atoms with E-state index in [2.05, 4.69) is 10.3 Å². The van der Waals surface area contributed by atoms with Gasteiger partial charge in [-0.05, 0) is 19.1 Å². The Labute approximate surface area is 187 Å². The lowest BCUT2D eigenvalue weighted by atomic mass is 10.1. The van der Waals surface area contributed by atoms with Crippen LogP contribution in [0.5, 0.6) is 17.2 Å². The van der Waals surface area contributed by atoms with Gasteiger partial charge in [0, 0.05) is 50.5 Å². The van der Waals surface area contributed by atoms with Gasteiger partial charge in [-0.15, -0.1) is 0 Å². The maximum absolute atomic E-state index is 11.8. The number of anilines is 2. The molecule has 0 radical (unpaired) electrons. The summed E-state index contributed by atoms with van der Waals surface area (Å²) in [7, 11) is -1.93. The monoisotopic (exact) mass is 465 g/mol. The Bertz CT molecular complexity index is 1070. The van der Waals surface area contributed by atoms with Gasteiger partial charge >= 0.3 is 6.09 Å². The number of amides is 1. The summed E-state index contributed by atoms with van der Waals surface area (Å²) in [5.41, 5.74) is 0.514. The molecule has 1 saturated heterocycles. The molecule has 1 aromatic heterocycles. The fourth-order valence-electron chi connectivity index (χ4n) is 3.37. The van der Waals surface area contributed by atoms with Crippen LogP contribution in [0.25, 0.3) is 0 Å². The average molecular weight is 466 g/mol. The molecule has 11 heteroatoms. The van der Waals surface area contributed by atoms with Crippen LogP contribution in [0.1, 0.15) is 19.8 Å². The molecule has 1 aromatic carbocycles. The van der Waals surface area contributed by atoms with Gasteiger partial charge < -0.3 is 29.5 Å². The first-order valence-electron chi connectivity index (χ1n) is 10.1. The van der Waals surface area contributed by atoms with Crippen LogP contribution in [0.3, 0.4) is 0 Å². The fourth-order valence-corrected chi connectivity index (χ4v) is 4.01. The lowest BCUT2D eigenvalue weighted by Gasteiger charge is -2.30. The zero-order valence-electron chi connectivity index (χ0n) is 18.2. The number of piperidine rings is 1. The summed E-state index contributed by atoms with van der Waals surface area (Å²) in [4.78, 5) is 17.0. The molecule has 2 N–H and O–H groups in total. The van der Waals surface area contributed by atoms with Crippen molar-refractivity contribution in [2.45, 2.75) is 30.8 Å². The smallest absolute Gasteiger partial charge is 0.407 e. The first-order valence-corrected chi connectivity index (χ1v) is 12.0. The molecule has 0 aliphatic carbocycles. The van der Waals surface area contributed by atoms with Crippen molar-refractivity contribution in [3.8, 4) is 17.2 Å². The minimum atomic E-state index is -3.38. The van der Waals surface area contributed by atoms with Crippen LogP contribution in [0.4, 0.5) is 16.3 Å². The molecule has 3 rings (SSSR count). The van der Waals surface area contributed by atoms with Gasteiger partial charge in [0.15, 0.2) is 21.4 Å². The van der Waals surface area contributed by atoms with Gasteiger partial charge in [-0.2, -0.15) is 0 Å². The zero-order valence-corrected chi connectivity index (χ0v) is 19.0. The molecule has 0 bridgehead atoms. The second-order valence-corrected chi connectivity index (χ2v) is 9.28. The Kier molecular flexibility index (Phi) is 7.29. The van der Waals surface area contributed by atoms with E-state index in [9.17, 15) is 13.2 Å². The number of benzene rings is 1. The number of hydrogen-bond acceptors (Lipinski definition) is 8. The maximum atomic E-state index is 11.8. The number of ether oxygens (including phenoxy) is 3. The van der Waals surface area contributed by atoms with E-state index in [0.717, 1.165) is 6.26 Å². The van der Waals surface area contributed by atoms with E-state index in [1.165, 1.54) is 24.1 Å². The molecule has 0 unspecified atom stereocenters. The molecule has 2 heterocycles. The SMILES string of the molecule is CCOc1c(OC2CCN(C(=O)O)CC2)ccnc1Nc1ccc(S(C)(=O)=O)cc1OC. The number of hydrogen-bond donors (Lipinski definition) is 2. The van der Waals surface area contributed by atoms with E-state index in [4.69, 9.17) is 19.3 Å². The Balaban J connectivity index is 1.84. The average Bonchev–Trinajstić information content (AvgIpc) is 2.76. The highest BCUT2D eigenvalue weighted by atomic mass is 32.2.